The number of carbonyl (C=O) groups excluding carboxylic acids is 2. The minimum atomic E-state index is -0.384. The molecular weight excluding hydrogens is 342 g/mol. The van der Waals surface area contributed by atoms with Crippen molar-refractivity contribution in [2.45, 2.75) is 6.92 Å². The predicted molar refractivity (Wildman–Crippen MR) is 101 cm³/mol. The van der Waals surface area contributed by atoms with E-state index in [1.165, 1.54) is 12.3 Å². The second-order valence-electron chi connectivity index (χ2n) is 6.27. The van der Waals surface area contributed by atoms with Gasteiger partial charge in [-0.05, 0) is 30.8 Å². The standard InChI is InChI=1S/C20H21N5O2/c1-2-24-9-11-25(12-10-24)20(27)18-13-15(7-8-22-18)19(26)23-17-6-4-3-5-16(17)14-21/h3-8,13H,2,9-12H2,1H3,(H,23,26). The summed E-state index contributed by atoms with van der Waals surface area (Å²) in [5, 5.41) is 11.9. The molecule has 0 spiro atoms. The fourth-order valence-corrected chi connectivity index (χ4v) is 3.00. The highest BCUT2D eigenvalue weighted by Crippen LogP contribution is 2.16. The van der Waals surface area contributed by atoms with Crippen molar-refractivity contribution in [1.82, 2.24) is 14.8 Å². The molecule has 1 aromatic carbocycles. The number of pyridine rings is 1. The lowest BCUT2D eigenvalue weighted by molar-refractivity contribution is 0.0637. The van der Waals surface area contributed by atoms with Crippen LogP contribution in [0.3, 0.4) is 0 Å². The smallest absolute Gasteiger partial charge is 0.272 e. The van der Waals surface area contributed by atoms with Crippen molar-refractivity contribution in [1.29, 1.82) is 5.26 Å². The lowest BCUT2D eigenvalue weighted by Crippen LogP contribution is -2.48. The quantitative estimate of drug-likeness (QED) is 0.897. The maximum absolute atomic E-state index is 12.7. The first-order valence-corrected chi connectivity index (χ1v) is 8.90. The summed E-state index contributed by atoms with van der Waals surface area (Å²) in [4.78, 5) is 33.4. The van der Waals surface area contributed by atoms with E-state index in [1.54, 1.807) is 35.2 Å². The Hall–Kier alpha value is -3.24. The van der Waals surface area contributed by atoms with Gasteiger partial charge in [0, 0.05) is 37.9 Å². The number of piperazine rings is 1. The monoisotopic (exact) mass is 363 g/mol. The van der Waals surface area contributed by atoms with Crippen LogP contribution in [0.5, 0.6) is 0 Å². The van der Waals surface area contributed by atoms with Gasteiger partial charge in [0.05, 0.1) is 11.3 Å². The summed E-state index contributed by atoms with van der Waals surface area (Å²) in [6, 6.07) is 11.9. The number of carbonyl (C=O) groups is 2. The van der Waals surface area contributed by atoms with Gasteiger partial charge in [-0.25, -0.2) is 0 Å². The first-order valence-electron chi connectivity index (χ1n) is 8.90. The van der Waals surface area contributed by atoms with Crippen LogP contribution in [0, 0.1) is 11.3 Å². The Kier molecular flexibility index (Phi) is 5.79. The third-order valence-corrected chi connectivity index (χ3v) is 4.64. The molecule has 1 saturated heterocycles. The zero-order valence-corrected chi connectivity index (χ0v) is 15.2. The van der Waals surface area contributed by atoms with Gasteiger partial charge in [0.1, 0.15) is 11.8 Å². The molecule has 138 valence electrons. The van der Waals surface area contributed by atoms with Crippen LogP contribution in [0.4, 0.5) is 5.69 Å². The molecule has 0 atom stereocenters. The van der Waals surface area contributed by atoms with E-state index in [4.69, 9.17) is 5.26 Å². The number of nitriles is 1. The predicted octanol–water partition coefficient (Wildman–Crippen LogP) is 1.98. The molecule has 1 fully saturated rings. The molecule has 0 saturated carbocycles. The SMILES string of the molecule is CCN1CCN(C(=O)c2cc(C(=O)Nc3ccccc3C#N)ccn2)CC1. The van der Waals surface area contributed by atoms with E-state index < -0.39 is 0 Å². The van der Waals surface area contributed by atoms with Crippen molar-refractivity contribution in [2.24, 2.45) is 0 Å². The zero-order chi connectivity index (χ0) is 19.2. The number of likely N-dealkylation sites (N-methyl/N-ethyl adjacent to an activating group) is 1. The van der Waals surface area contributed by atoms with Crippen molar-refractivity contribution in [3.63, 3.8) is 0 Å². The Morgan fingerprint density at radius 3 is 2.63 bits per heavy atom. The summed E-state index contributed by atoms with van der Waals surface area (Å²) in [6.45, 7) is 6.06. The molecule has 0 unspecified atom stereocenters. The Balaban J connectivity index is 1.72. The number of para-hydroxylation sites is 1. The van der Waals surface area contributed by atoms with Crippen LogP contribution in [-0.4, -0.2) is 59.3 Å². The van der Waals surface area contributed by atoms with E-state index in [1.807, 2.05) is 6.07 Å². The molecule has 2 amide bonds. The van der Waals surface area contributed by atoms with Crippen molar-refractivity contribution in [2.75, 3.05) is 38.0 Å². The largest absolute Gasteiger partial charge is 0.335 e. The second kappa shape index (κ2) is 8.43. The molecule has 1 N–H and O–H groups in total. The molecule has 3 rings (SSSR count). The summed E-state index contributed by atoms with van der Waals surface area (Å²) in [6.07, 6.45) is 1.46. The van der Waals surface area contributed by atoms with Gasteiger partial charge in [-0.15, -0.1) is 0 Å². The number of hydrogen-bond acceptors (Lipinski definition) is 5. The Morgan fingerprint density at radius 2 is 1.93 bits per heavy atom. The number of anilines is 1. The minimum absolute atomic E-state index is 0.169. The van der Waals surface area contributed by atoms with E-state index in [-0.39, 0.29) is 17.5 Å². The van der Waals surface area contributed by atoms with Crippen LogP contribution in [0.1, 0.15) is 33.3 Å². The number of hydrogen-bond donors (Lipinski definition) is 1. The van der Waals surface area contributed by atoms with Gasteiger partial charge in [-0.3, -0.25) is 14.6 Å². The van der Waals surface area contributed by atoms with Gasteiger partial charge >= 0.3 is 0 Å². The first kappa shape index (κ1) is 18.5. The third kappa shape index (κ3) is 4.30. The average Bonchev–Trinajstić information content (AvgIpc) is 2.73. The number of nitrogens with one attached hydrogen (secondary N) is 1. The van der Waals surface area contributed by atoms with Gasteiger partial charge in [-0.1, -0.05) is 19.1 Å². The van der Waals surface area contributed by atoms with Gasteiger partial charge < -0.3 is 15.1 Å². The number of rotatable bonds is 4. The van der Waals surface area contributed by atoms with E-state index in [0.717, 1.165) is 19.6 Å². The first-order chi connectivity index (χ1) is 13.1. The van der Waals surface area contributed by atoms with Crippen LogP contribution in [0.15, 0.2) is 42.6 Å². The number of benzene rings is 1. The molecule has 7 heteroatoms. The molecule has 7 nitrogen and oxygen atoms in total. The highest BCUT2D eigenvalue weighted by atomic mass is 16.2. The summed E-state index contributed by atoms with van der Waals surface area (Å²) in [7, 11) is 0. The van der Waals surface area contributed by atoms with Crippen LogP contribution < -0.4 is 5.32 Å². The van der Waals surface area contributed by atoms with E-state index in [2.05, 4.69) is 22.1 Å². The molecule has 27 heavy (non-hydrogen) atoms. The zero-order valence-electron chi connectivity index (χ0n) is 15.2. The third-order valence-electron chi connectivity index (χ3n) is 4.64. The topological polar surface area (TPSA) is 89.3 Å². The Labute approximate surface area is 158 Å². The minimum Gasteiger partial charge on any atom is -0.335 e. The van der Waals surface area contributed by atoms with Crippen LogP contribution in [0.25, 0.3) is 0 Å². The van der Waals surface area contributed by atoms with Gasteiger partial charge in [0.2, 0.25) is 0 Å². The van der Waals surface area contributed by atoms with Gasteiger partial charge in [0.15, 0.2) is 0 Å². The van der Waals surface area contributed by atoms with E-state index >= 15 is 0 Å². The maximum atomic E-state index is 12.7. The molecule has 1 aliphatic heterocycles. The van der Waals surface area contributed by atoms with Crippen molar-refractivity contribution < 1.29 is 9.59 Å². The summed E-state index contributed by atoms with van der Waals surface area (Å²) in [5.41, 5.74) is 1.39. The lowest BCUT2D eigenvalue weighted by Gasteiger charge is -2.33. The Bertz CT molecular complexity index is 882. The summed E-state index contributed by atoms with van der Waals surface area (Å²) in [5.74, 6) is -0.553. The van der Waals surface area contributed by atoms with Crippen LogP contribution in [0.2, 0.25) is 0 Å². The fraction of sp³-hybridized carbons (Fsp3) is 0.300. The fourth-order valence-electron chi connectivity index (χ4n) is 3.00. The molecule has 2 aromatic rings. The average molecular weight is 363 g/mol. The normalized spacial score (nSPS) is 14.4. The molecule has 1 aromatic heterocycles. The summed E-state index contributed by atoms with van der Waals surface area (Å²) < 4.78 is 0. The van der Waals surface area contributed by atoms with Gasteiger partial charge in [-0.2, -0.15) is 5.26 Å². The summed E-state index contributed by atoms with van der Waals surface area (Å²) >= 11 is 0. The van der Waals surface area contributed by atoms with Crippen LogP contribution in [-0.2, 0) is 0 Å². The molecule has 0 radical (unpaired) electrons. The van der Waals surface area contributed by atoms with E-state index in [0.29, 0.717) is 29.9 Å². The Morgan fingerprint density at radius 1 is 1.19 bits per heavy atom. The lowest BCUT2D eigenvalue weighted by atomic mass is 10.1. The number of aromatic nitrogens is 1. The van der Waals surface area contributed by atoms with E-state index in [9.17, 15) is 9.59 Å². The van der Waals surface area contributed by atoms with Crippen molar-refractivity contribution in [3.8, 4) is 6.07 Å². The van der Waals surface area contributed by atoms with Crippen molar-refractivity contribution >= 4 is 17.5 Å². The molecule has 0 bridgehead atoms. The number of amides is 2. The second-order valence-corrected chi connectivity index (χ2v) is 6.27. The molecule has 1 aliphatic rings. The highest BCUT2D eigenvalue weighted by molar-refractivity contribution is 6.06. The molecule has 0 aliphatic carbocycles. The van der Waals surface area contributed by atoms with Crippen molar-refractivity contribution in [3.05, 3.63) is 59.4 Å². The van der Waals surface area contributed by atoms with Gasteiger partial charge in [0.25, 0.3) is 11.8 Å². The number of nitrogens with zero attached hydrogens (tertiary/aromatic N) is 4. The maximum Gasteiger partial charge on any atom is 0.272 e. The highest BCUT2D eigenvalue weighted by Gasteiger charge is 2.23. The van der Waals surface area contributed by atoms with Crippen LogP contribution >= 0.6 is 0 Å². The molecule has 2 heterocycles. The molecular formula is C20H21N5O2.